The number of benzene rings is 1. The second-order valence-electron chi connectivity index (χ2n) is 13.5. The van der Waals surface area contributed by atoms with Gasteiger partial charge in [0.05, 0.1) is 30.2 Å². The number of esters is 2. The van der Waals surface area contributed by atoms with Gasteiger partial charge in [0.15, 0.2) is 11.9 Å². The number of nitrogens with zero attached hydrogens (tertiary/aromatic N) is 1. The predicted octanol–water partition coefficient (Wildman–Crippen LogP) is 6.38. The smallest absolute Gasteiger partial charge is 0.338 e. The standard InChI is InChI=1S/C35H55NO8/c1-10-13-19-40-31(38)28(20-24(4)26-17-15-14-16-18-26)30(32(39)41-22-27-23-42-33(6,7)43-27)44-36-34(8,11-2)21-29(37)25(5)35(36,9)12-3/h14-18,24-25,27-28,30H,10-13,19-23H2,1-9H3. The Bertz CT molecular complexity index is 1110. The van der Waals surface area contributed by atoms with Crippen LogP contribution in [0.2, 0.25) is 0 Å². The number of carbonyl (C=O) groups is 3. The Kier molecular flexibility index (Phi) is 12.6. The van der Waals surface area contributed by atoms with Crippen LogP contribution >= 0.6 is 0 Å². The molecule has 1 aromatic carbocycles. The van der Waals surface area contributed by atoms with Crippen LogP contribution in [0.5, 0.6) is 0 Å². The summed E-state index contributed by atoms with van der Waals surface area (Å²) in [5.41, 5.74) is -0.368. The summed E-state index contributed by atoms with van der Waals surface area (Å²) >= 11 is 0. The summed E-state index contributed by atoms with van der Waals surface area (Å²) in [6.45, 7) is 18.1. The summed E-state index contributed by atoms with van der Waals surface area (Å²) in [6.07, 6.45) is 1.62. The third-order valence-corrected chi connectivity index (χ3v) is 9.72. The topological polar surface area (TPSA) is 101 Å². The number of carbonyl (C=O) groups excluding carboxylic acids is 3. The molecule has 0 N–H and O–H groups in total. The zero-order valence-corrected chi connectivity index (χ0v) is 28.4. The maximum absolute atomic E-state index is 14.1. The number of rotatable bonds is 15. The molecule has 0 amide bonds. The summed E-state index contributed by atoms with van der Waals surface area (Å²) in [5, 5.41) is 1.84. The molecule has 0 aromatic heterocycles. The van der Waals surface area contributed by atoms with Crippen LogP contribution < -0.4 is 0 Å². The van der Waals surface area contributed by atoms with Gasteiger partial charge in [-0.05, 0) is 64.9 Å². The van der Waals surface area contributed by atoms with E-state index >= 15 is 0 Å². The molecular formula is C35H55NO8. The minimum absolute atomic E-state index is 0.0427. The van der Waals surface area contributed by atoms with Crippen molar-refractivity contribution in [3.05, 3.63) is 35.9 Å². The molecule has 2 aliphatic heterocycles. The Morgan fingerprint density at radius 3 is 2.27 bits per heavy atom. The van der Waals surface area contributed by atoms with E-state index in [0.29, 0.717) is 25.7 Å². The number of hydrogen-bond donors (Lipinski definition) is 0. The van der Waals surface area contributed by atoms with Gasteiger partial charge in [-0.15, -0.1) is 0 Å². The number of hydroxylamine groups is 2. The van der Waals surface area contributed by atoms with Gasteiger partial charge in [0.25, 0.3) is 0 Å². The van der Waals surface area contributed by atoms with E-state index < -0.39 is 46.9 Å². The van der Waals surface area contributed by atoms with Crippen molar-refractivity contribution in [2.75, 3.05) is 19.8 Å². The van der Waals surface area contributed by atoms with E-state index in [-0.39, 0.29) is 43.9 Å². The molecule has 0 bridgehead atoms. The average Bonchev–Trinajstić information content (AvgIpc) is 3.36. The molecule has 0 spiro atoms. The van der Waals surface area contributed by atoms with Crippen LogP contribution in [-0.2, 0) is 38.2 Å². The maximum atomic E-state index is 14.1. The van der Waals surface area contributed by atoms with Gasteiger partial charge in [0, 0.05) is 12.3 Å². The normalized spacial score (nSPS) is 29.2. The van der Waals surface area contributed by atoms with E-state index in [9.17, 15) is 14.4 Å². The van der Waals surface area contributed by atoms with Gasteiger partial charge in [-0.1, -0.05) is 71.4 Å². The van der Waals surface area contributed by atoms with E-state index in [0.717, 1.165) is 12.0 Å². The summed E-state index contributed by atoms with van der Waals surface area (Å²) in [4.78, 5) is 48.0. The molecule has 9 nitrogen and oxygen atoms in total. The summed E-state index contributed by atoms with van der Waals surface area (Å²) in [7, 11) is 0. The number of Topliss-reactive ketones (excluding diaryl/α,β-unsaturated/α-hetero) is 1. The molecule has 9 heteroatoms. The molecule has 44 heavy (non-hydrogen) atoms. The molecule has 1 aromatic rings. The van der Waals surface area contributed by atoms with E-state index in [1.807, 2.05) is 97.7 Å². The number of ketones is 1. The van der Waals surface area contributed by atoms with Gasteiger partial charge in [0.1, 0.15) is 18.5 Å². The predicted molar refractivity (Wildman–Crippen MR) is 168 cm³/mol. The minimum Gasteiger partial charge on any atom is -0.465 e. The first-order chi connectivity index (χ1) is 20.7. The first-order valence-electron chi connectivity index (χ1n) is 16.4. The molecule has 7 unspecified atom stereocenters. The van der Waals surface area contributed by atoms with Crippen molar-refractivity contribution in [2.45, 2.75) is 136 Å². The highest BCUT2D eigenvalue weighted by Gasteiger charge is 2.56. The molecule has 2 aliphatic rings. The second-order valence-corrected chi connectivity index (χ2v) is 13.5. The van der Waals surface area contributed by atoms with Gasteiger partial charge in [-0.25, -0.2) is 4.79 Å². The molecule has 2 heterocycles. The Labute approximate surface area is 264 Å². The molecule has 0 aliphatic carbocycles. The van der Waals surface area contributed by atoms with Crippen molar-refractivity contribution in [3.63, 3.8) is 0 Å². The lowest BCUT2D eigenvalue weighted by Crippen LogP contribution is -2.68. The van der Waals surface area contributed by atoms with Gasteiger partial charge >= 0.3 is 11.9 Å². The second kappa shape index (κ2) is 15.3. The first-order valence-corrected chi connectivity index (χ1v) is 16.4. The zero-order chi connectivity index (χ0) is 32.7. The summed E-state index contributed by atoms with van der Waals surface area (Å²) < 4.78 is 23.1. The number of piperidine rings is 1. The summed E-state index contributed by atoms with van der Waals surface area (Å²) in [5.74, 6) is -3.16. The van der Waals surface area contributed by atoms with Crippen LogP contribution in [0.25, 0.3) is 0 Å². The van der Waals surface area contributed by atoms with Crippen LogP contribution in [0, 0.1) is 11.8 Å². The number of hydrogen-bond acceptors (Lipinski definition) is 9. The molecular weight excluding hydrogens is 562 g/mol. The van der Waals surface area contributed by atoms with E-state index in [2.05, 4.69) is 0 Å². The Balaban J connectivity index is 2.03. The van der Waals surface area contributed by atoms with Gasteiger partial charge in [-0.2, -0.15) is 5.06 Å². The quantitative estimate of drug-likeness (QED) is 0.164. The van der Waals surface area contributed by atoms with Crippen molar-refractivity contribution < 1.29 is 38.2 Å². The van der Waals surface area contributed by atoms with Gasteiger partial charge in [0.2, 0.25) is 0 Å². The van der Waals surface area contributed by atoms with Crippen molar-refractivity contribution in [1.82, 2.24) is 5.06 Å². The molecule has 2 fully saturated rings. The molecule has 0 radical (unpaired) electrons. The van der Waals surface area contributed by atoms with E-state index in [1.54, 1.807) is 0 Å². The highest BCUT2D eigenvalue weighted by molar-refractivity contribution is 5.85. The molecule has 0 saturated carbocycles. The Morgan fingerprint density at radius 1 is 1.02 bits per heavy atom. The van der Waals surface area contributed by atoms with Crippen LogP contribution in [0.15, 0.2) is 30.3 Å². The Morgan fingerprint density at radius 2 is 1.70 bits per heavy atom. The van der Waals surface area contributed by atoms with Gasteiger partial charge in [-0.3, -0.25) is 14.4 Å². The monoisotopic (exact) mass is 617 g/mol. The lowest BCUT2D eigenvalue weighted by atomic mass is 9.70. The van der Waals surface area contributed by atoms with E-state index in [4.69, 9.17) is 23.8 Å². The lowest BCUT2D eigenvalue weighted by Gasteiger charge is -2.56. The third-order valence-electron chi connectivity index (χ3n) is 9.72. The molecule has 3 rings (SSSR count). The lowest BCUT2D eigenvalue weighted by molar-refractivity contribution is -0.320. The molecule has 7 atom stereocenters. The third kappa shape index (κ3) is 8.47. The Hall–Kier alpha value is -2.33. The SMILES string of the molecule is CCCCOC(=O)C(CC(C)c1ccccc1)C(ON1C(C)(CC)CC(=O)C(C)C1(C)CC)C(=O)OCC1COC(C)(C)O1. The largest absolute Gasteiger partial charge is 0.465 e. The van der Waals surface area contributed by atoms with Crippen LogP contribution in [0.4, 0.5) is 0 Å². The fraction of sp³-hybridized carbons (Fsp3) is 0.743. The number of unbranched alkanes of at least 4 members (excludes halogenated alkanes) is 1. The maximum Gasteiger partial charge on any atom is 0.338 e. The van der Waals surface area contributed by atoms with Crippen LogP contribution in [0.3, 0.4) is 0 Å². The fourth-order valence-electron chi connectivity index (χ4n) is 6.27. The fourth-order valence-corrected chi connectivity index (χ4v) is 6.27. The van der Waals surface area contributed by atoms with E-state index in [1.165, 1.54) is 0 Å². The van der Waals surface area contributed by atoms with Crippen molar-refractivity contribution >= 4 is 17.7 Å². The van der Waals surface area contributed by atoms with Crippen LogP contribution in [-0.4, -0.2) is 71.7 Å². The van der Waals surface area contributed by atoms with Crippen molar-refractivity contribution in [3.8, 4) is 0 Å². The minimum atomic E-state index is -1.30. The molecule has 2 saturated heterocycles. The molecule has 248 valence electrons. The van der Waals surface area contributed by atoms with Crippen molar-refractivity contribution in [1.29, 1.82) is 0 Å². The number of ether oxygens (including phenoxy) is 4. The van der Waals surface area contributed by atoms with Crippen molar-refractivity contribution in [2.24, 2.45) is 11.8 Å². The summed E-state index contributed by atoms with van der Waals surface area (Å²) in [6, 6.07) is 9.89. The van der Waals surface area contributed by atoms with Crippen LogP contribution in [0.1, 0.15) is 112 Å². The zero-order valence-electron chi connectivity index (χ0n) is 28.4. The van der Waals surface area contributed by atoms with Gasteiger partial charge < -0.3 is 18.9 Å². The highest BCUT2D eigenvalue weighted by atomic mass is 16.8. The average molecular weight is 618 g/mol. The highest BCUT2D eigenvalue weighted by Crippen LogP contribution is 2.45. The first kappa shape index (κ1) is 36.1.